The molecule has 0 aliphatic heterocycles. The number of aryl methyl sites for hydroxylation is 2. The summed E-state index contributed by atoms with van der Waals surface area (Å²) in [6.45, 7) is 1.89. The number of carbonyl (C=O) groups is 1. The number of nitrogens with one attached hydrogen (secondary N) is 1. The molecule has 7 heteroatoms. The van der Waals surface area contributed by atoms with Gasteiger partial charge in [-0.05, 0) is 30.5 Å². The van der Waals surface area contributed by atoms with Crippen LogP contribution in [0, 0.1) is 6.92 Å². The number of amides is 1. The SMILES string of the molecule is Cc1cc(NC(=O)c2cn(-c3ccccc3)nc2-c2cccs2)n(C)n1. The largest absolute Gasteiger partial charge is 0.307 e. The van der Waals surface area contributed by atoms with Crippen molar-refractivity contribution in [1.29, 1.82) is 0 Å². The van der Waals surface area contributed by atoms with E-state index in [4.69, 9.17) is 0 Å². The van der Waals surface area contributed by atoms with Crippen molar-refractivity contribution in [1.82, 2.24) is 19.6 Å². The Morgan fingerprint density at radius 3 is 2.58 bits per heavy atom. The lowest BCUT2D eigenvalue weighted by atomic mass is 10.2. The molecule has 4 rings (SSSR count). The normalized spacial score (nSPS) is 10.8. The van der Waals surface area contributed by atoms with Crippen LogP contribution < -0.4 is 5.32 Å². The van der Waals surface area contributed by atoms with Gasteiger partial charge in [0.1, 0.15) is 11.5 Å². The standard InChI is InChI=1S/C19H17N5OS/c1-13-11-17(23(2)21-13)20-19(25)15-12-24(14-7-4-3-5-8-14)22-18(15)16-9-6-10-26-16/h3-12H,1-2H3,(H,20,25). The summed E-state index contributed by atoms with van der Waals surface area (Å²) in [5.74, 6) is 0.440. The second-order valence-corrected chi connectivity index (χ2v) is 6.85. The molecule has 1 amide bonds. The highest BCUT2D eigenvalue weighted by molar-refractivity contribution is 7.13. The third-order valence-corrected chi connectivity index (χ3v) is 4.85. The zero-order valence-corrected chi connectivity index (χ0v) is 15.2. The summed E-state index contributed by atoms with van der Waals surface area (Å²) in [6.07, 6.45) is 1.77. The average Bonchev–Trinajstić information content (AvgIpc) is 3.36. The second kappa shape index (κ2) is 6.61. The van der Waals surface area contributed by atoms with Gasteiger partial charge >= 0.3 is 0 Å². The summed E-state index contributed by atoms with van der Waals surface area (Å²) in [7, 11) is 1.80. The number of carbonyl (C=O) groups excluding carboxylic acids is 1. The Labute approximate surface area is 154 Å². The van der Waals surface area contributed by atoms with Crippen molar-refractivity contribution in [2.24, 2.45) is 7.05 Å². The molecule has 4 aromatic rings. The van der Waals surface area contributed by atoms with E-state index in [2.05, 4.69) is 15.5 Å². The maximum atomic E-state index is 12.9. The average molecular weight is 363 g/mol. The summed E-state index contributed by atoms with van der Waals surface area (Å²) in [5.41, 5.74) is 2.94. The third-order valence-electron chi connectivity index (χ3n) is 3.98. The van der Waals surface area contributed by atoms with E-state index in [1.54, 1.807) is 33.9 Å². The molecule has 0 saturated heterocycles. The van der Waals surface area contributed by atoms with Gasteiger partial charge in [-0.25, -0.2) is 4.68 Å². The number of hydrogen-bond acceptors (Lipinski definition) is 4. The van der Waals surface area contributed by atoms with Crippen LogP contribution in [0.1, 0.15) is 16.1 Å². The van der Waals surface area contributed by atoms with Crippen LogP contribution >= 0.6 is 11.3 Å². The van der Waals surface area contributed by atoms with Gasteiger partial charge in [0.15, 0.2) is 0 Å². The van der Waals surface area contributed by atoms with Crippen LogP contribution in [0.3, 0.4) is 0 Å². The molecule has 3 heterocycles. The van der Waals surface area contributed by atoms with Gasteiger partial charge in [0.05, 0.1) is 21.8 Å². The Morgan fingerprint density at radius 2 is 1.92 bits per heavy atom. The summed E-state index contributed by atoms with van der Waals surface area (Å²) in [6, 6.07) is 15.5. The van der Waals surface area contributed by atoms with Gasteiger partial charge in [-0.1, -0.05) is 24.3 Å². The molecular weight excluding hydrogens is 346 g/mol. The molecule has 0 aliphatic carbocycles. The molecule has 130 valence electrons. The van der Waals surface area contributed by atoms with Gasteiger partial charge in [0, 0.05) is 19.3 Å². The summed E-state index contributed by atoms with van der Waals surface area (Å²) < 4.78 is 3.39. The lowest BCUT2D eigenvalue weighted by Gasteiger charge is -2.04. The fourth-order valence-corrected chi connectivity index (χ4v) is 3.48. The van der Waals surface area contributed by atoms with Gasteiger partial charge in [-0.3, -0.25) is 9.48 Å². The van der Waals surface area contributed by atoms with Crippen molar-refractivity contribution in [3.8, 4) is 16.3 Å². The molecule has 0 bridgehead atoms. The van der Waals surface area contributed by atoms with E-state index in [9.17, 15) is 4.79 Å². The first-order valence-corrected chi connectivity index (χ1v) is 9.01. The Kier molecular flexibility index (Phi) is 4.14. The van der Waals surface area contributed by atoms with Crippen LogP contribution in [0.15, 0.2) is 60.1 Å². The molecule has 3 aromatic heterocycles. The lowest BCUT2D eigenvalue weighted by molar-refractivity contribution is 0.102. The minimum Gasteiger partial charge on any atom is -0.307 e. The Bertz CT molecular complexity index is 1050. The first kappa shape index (κ1) is 16.3. The minimum absolute atomic E-state index is 0.210. The van der Waals surface area contributed by atoms with Crippen molar-refractivity contribution in [3.63, 3.8) is 0 Å². The van der Waals surface area contributed by atoms with E-state index in [0.717, 1.165) is 16.3 Å². The minimum atomic E-state index is -0.210. The molecule has 0 saturated carbocycles. The van der Waals surface area contributed by atoms with E-state index >= 15 is 0 Å². The molecule has 0 spiro atoms. The van der Waals surface area contributed by atoms with Crippen molar-refractivity contribution < 1.29 is 4.79 Å². The van der Waals surface area contributed by atoms with Crippen molar-refractivity contribution in [2.45, 2.75) is 6.92 Å². The number of anilines is 1. The van der Waals surface area contributed by atoms with Crippen LogP contribution in [0.4, 0.5) is 5.82 Å². The van der Waals surface area contributed by atoms with Crippen LogP contribution in [0.5, 0.6) is 0 Å². The van der Waals surface area contributed by atoms with E-state index in [-0.39, 0.29) is 5.91 Å². The second-order valence-electron chi connectivity index (χ2n) is 5.90. The lowest BCUT2D eigenvalue weighted by Crippen LogP contribution is -2.14. The van der Waals surface area contributed by atoms with E-state index in [0.29, 0.717) is 17.1 Å². The van der Waals surface area contributed by atoms with Crippen molar-refractivity contribution >= 4 is 23.1 Å². The van der Waals surface area contributed by atoms with E-state index in [1.165, 1.54) is 0 Å². The van der Waals surface area contributed by atoms with Crippen LogP contribution in [0.2, 0.25) is 0 Å². The van der Waals surface area contributed by atoms with Crippen LogP contribution in [-0.2, 0) is 7.05 Å². The number of benzene rings is 1. The summed E-state index contributed by atoms with van der Waals surface area (Å²) in [4.78, 5) is 13.9. The van der Waals surface area contributed by atoms with E-state index in [1.807, 2.05) is 60.8 Å². The smallest absolute Gasteiger partial charge is 0.260 e. The van der Waals surface area contributed by atoms with E-state index < -0.39 is 0 Å². The Morgan fingerprint density at radius 1 is 1.12 bits per heavy atom. The molecule has 0 atom stereocenters. The molecular formula is C19H17N5OS. The zero-order valence-electron chi connectivity index (χ0n) is 14.4. The number of rotatable bonds is 4. The highest BCUT2D eigenvalue weighted by Gasteiger charge is 2.20. The topological polar surface area (TPSA) is 64.7 Å². The molecule has 26 heavy (non-hydrogen) atoms. The molecule has 6 nitrogen and oxygen atoms in total. The molecule has 1 aromatic carbocycles. The summed E-state index contributed by atoms with van der Waals surface area (Å²) in [5, 5.41) is 13.8. The molecule has 0 fully saturated rings. The summed E-state index contributed by atoms with van der Waals surface area (Å²) >= 11 is 1.56. The van der Waals surface area contributed by atoms with Gasteiger partial charge < -0.3 is 5.32 Å². The highest BCUT2D eigenvalue weighted by Crippen LogP contribution is 2.28. The van der Waals surface area contributed by atoms with Gasteiger partial charge in [-0.2, -0.15) is 10.2 Å². The quantitative estimate of drug-likeness (QED) is 0.598. The van der Waals surface area contributed by atoms with Crippen LogP contribution in [-0.4, -0.2) is 25.5 Å². The Hall–Kier alpha value is -3.19. The first-order chi connectivity index (χ1) is 12.6. The fourth-order valence-electron chi connectivity index (χ4n) is 2.76. The van der Waals surface area contributed by atoms with Gasteiger partial charge in [0.2, 0.25) is 0 Å². The van der Waals surface area contributed by atoms with Crippen molar-refractivity contribution in [3.05, 3.63) is 71.4 Å². The van der Waals surface area contributed by atoms with Crippen LogP contribution in [0.25, 0.3) is 16.3 Å². The van der Waals surface area contributed by atoms with Crippen molar-refractivity contribution in [2.75, 3.05) is 5.32 Å². The predicted molar refractivity (Wildman–Crippen MR) is 103 cm³/mol. The third kappa shape index (κ3) is 3.04. The van der Waals surface area contributed by atoms with Gasteiger partial charge in [-0.15, -0.1) is 11.3 Å². The molecule has 0 unspecified atom stereocenters. The molecule has 0 aliphatic rings. The van der Waals surface area contributed by atoms with Gasteiger partial charge in [0.25, 0.3) is 5.91 Å². The molecule has 0 radical (unpaired) electrons. The number of nitrogens with zero attached hydrogens (tertiary/aromatic N) is 4. The maximum Gasteiger partial charge on any atom is 0.260 e. The number of aromatic nitrogens is 4. The highest BCUT2D eigenvalue weighted by atomic mass is 32.1. The maximum absolute atomic E-state index is 12.9. The number of para-hydroxylation sites is 1. The molecule has 1 N–H and O–H groups in total. The monoisotopic (exact) mass is 363 g/mol. The first-order valence-electron chi connectivity index (χ1n) is 8.13. The fraction of sp³-hybridized carbons (Fsp3) is 0.105. The zero-order chi connectivity index (χ0) is 18.1. The Balaban J connectivity index is 1.75. The predicted octanol–water partition coefficient (Wildman–Crippen LogP) is 3.90. The number of hydrogen-bond donors (Lipinski definition) is 1. The number of thiophene rings is 1.